The first-order chi connectivity index (χ1) is 18.9. The lowest BCUT2D eigenvalue weighted by atomic mass is 9.77. The number of hydrogen-bond acceptors (Lipinski definition) is 1. The minimum atomic E-state index is -3.65. The predicted octanol–water partition coefficient (Wildman–Crippen LogP) is 10.6. The van der Waals surface area contributed by atoms with E-state index in [9.17, 15) is 13.2 Å². The van der Waals surface area contributed by atoms with Crippen molar-refractivity contribution in [2.24, 2.45) is 11.8 Å². The van der Waals surface area contributed by atoms with Gasteiger partial charge in [0.2, 0.25) is 0 Å². The maximum Gasteiger partial charge on any atom is 0.386 e. The van der Waals surface area contributed by atoms with Gasteiger partial charge in [0.05, 0.1) is 12.2 Å². The molecule has 0 N–H and O–H groups in total. The van der Waals surface area contributed by atoms with Crippen LogP contribution >= 0.6 is 0 Å². The second-order valence-corrected chi connectivity index (χ2v) is 11.6. The molecule has 2 fully saturated rings. The molecule has 2 aromatic rings. The lowest BCUT2D eigenvalue weighted by Crippen LogP contribution is -2.22. The first kappa shape index (κ1) is 29.6. The minimum absolute atomic E-state index is 0.167. The van der Waals surface area contributed by atoms with Gasteiger partial charge in [-0.1, -0.05) is 54.6 Å². The van der Waals surface area contributed by atoms with E-state index < -0.39 is 17.5 Å². The third kappa shape index (κ3) is 8.33. The van der Waals surface area contributed by atoms with Crippen LogP contribution in [0.4, 0.5) is 13.2 Å². The molecule has 0 spiro atoms. The van der Waals surface area contributed by atoms with Gasteiger partial charge in [0, 0.05) is 0 Å². The van der Waals surface area contributed by atoms with Gasteiger partial charge in [0.25, 0.3) is 0 Å². The molecular weight excluding hydrogens is 493 g/mol. The maximum absolute atomic E-state index is 14.9. The molecule has 0 atom stereocenters. The van der Waals surface area contributed by atoms with Crippen LogP contribution in [-0.2, 0) is 17.3 Å². The van der Waals surface area contributed by atoms with Gasteiger partial charge >= 0.3 is 6.11 Å². The summed E-state index contributed by atoms with van der Waals surface area (Å²) in [6, 6.07) is 12.5. The van der Waals surface area contributed by atoms with E-state index in [0.717, 1.165) is 43.2 Å². The molecule has 2 saturated carbocycles. The van der Waals surface area contributed by atoms with E-state index in [-0.39, 0.29) is 12.5 Å². The summed E-state index contributed by atoms with van der Waals surface area (Å²) in [6.45, 7) is 3.95. The van der Waals surface area contributed by atoms with Gasteiger partial charge in [0.15, 0.2) is 0 Å². The van der Waals surface area contributed by atoms with E-state index in [1.165, 1.54) is 49.8 Å². The fraction of sp³-hybridized carbons (Fsp3) is 0.543. The van der Waals surface area contributed by atoms with Crippen LogP contribution in [0.15, 0.2) is 66.8 Å². The van der Waals surface area contributed by atoms with Gasteiger partial charge in [-0.25, -0.2) is 4.39 Å². The van der Waals surface area contributed by atoms with E-state index in [4.69, 9.17) is 4.74 Å². The highest BCUT2D eigenvalue weighted by atomic mass is 19.3. The summed E-state index contributed by atoms with van der Waals surface area (Å²) in [5.41, 5.74) is 2.44. The minimum Gasteiger partial charge on any atom is -0.316 e. The Kier molecular flexibility index (Phi) is 10.9. The lowest BCUT2D eigenvalue weighted by Gasteiger charge is -2.29. The Morgan fingerprint density at radius 1 is 0.821 bits per heavy atom. The van der Waals surface area contributed by atoms with Crippen LogP contribution in [-0.4, -0.2) is 6.61 Å². The molecule has 2 aliphatic rings. The SMILES string of the molecule is C/C=C/CC[C@H]1CC[C@H](c2ccc(C(F)(F)OCCc3ccc([C@H]4CC[C@H](/C=C/C)CC4)cc3)c(F)c2)CC1. The van der Waals surface area contributed by atoms with Crippen molar-refractivity contribution in [1.82, 2.24) is 0 Å². The van der Waals surface area contributed by atoms with E-state index in [0.29, 0.717) is 24.2 Å². The molecule has 1 nitrogen and oxygen atoms in total. The molecule has 4 heteroatoms. The van der Waals surface area contributed by atoms with Crippen molar-refractivity contribution < 1.29 is 17.9 Å². The highest BCUT2D eigenvalue weighted by Gasteiger charge is 2.36. The second kappa shape index (κ2) is 14.3. The summed E-state index contributed by atoms with van der Waals surface area (Å²) in [6.07, 6.45) is 16.8. The number of allylic oxidation sites excluding steroid dienone is 4. The molecule has 0 aliphatic heterocycles. The Morgan fingerprint density at radius 3 is 2.10 bits per heavy atom. The van der Waals surface area contributed by atoms with E-state index in [1.807, 2.05) is 19.1 Å². The van der Waals surface area contributed by atoms with Crippen molar-refractivity contribution in [3.8, 4) is 0 Å². The zero-order chi connectivity index (χ0) is 27.7. The predicted molar refractivity (Wildman–Crippen MR) is 155 cm³/mol. The standard InChI is InChI=1S/C35H45F3O/c1-3-5-6-8-27-11-19-31(20-12-27)32-21-22-33(34(36)25-32)35(37,38)39-24-23-28-13-17-30(18-14-28)29-15-9-26(7-4-2)10-16-29/h3-5,7,13-14,17-18,21-22,25-27,29,31H,6,8-12,15-16,19-20,23-24H2,1-2H3/b5-3+,7-4+/t26-,27-,29-,31-. The fourth-order valence-electron chi connectivity index (χ4n) is 6.55. The molecule has 0 saturated heterocycles. The molecule has 0 unspecified atom stereocenters. The average Bonchev–Trinajstić information content (AvgIpc) is 2.94. The number of hydrogen-bond donors (Lipinski definition) is 0. The number of rotatable bonds is 11. The molecule has 212 valence electrons. The zero-order valence-electron chi connectivity index (χ0n) is 23.7. The first-order valence-corrected chi connectivity index (χ1v) is 15.0. The van der Waals surface area contributed by atoms with Crippen LogP contribution in [0.3, 0.4) is 0 Å². The Bertz CT molecular complexity index is 1070. The normalized spacial score (nSPS) is 24.5. The number of halogens is 3. The average molecular weight is 539 g/mol. The fourth-order valence-corrected chi connectivity index (χ4v) is 6.55. The first-order valence-electron chi connectivity index (χ1n) is 15.0. The smallest absolute Gasteiger partial charge is 0.316 e. The third-order valence-electron chi connectivity index (χ3n) is 8.96. The summed E-state index contributed by atoms with van der Waals surface area (Å²) < 4.78 is 49.4. The molecule has 2 aliphatic carbocycles. The molecule has 2 aromatic carbocycles. The molecular formula is C35H45F3O. The molecule has 0 radical (unpaired) electrons. The van der Waals surface area contributed by atoms with E-state index >= 15 is 0 Å². The third-order valence-corrected chi connectivity index (χ3v) is 8.96. The number of ether oxygens (including phenoxy) is 1. The van der Waals surface area contributed by atoms with Crippen LogP contribution in [0.5, 0.6) is 0 Å². The van der Waals surface area contributed by atoms with Gasteiger partial charge in [-0.15, -0.1) is 0 Å². The molecule has 0 aromatic heterocycles. The van der Waals surface area contributed by atoms with Crippen molar-refractivity contribution in [2.75, 3.05) is 6.61 Å². The van der Waals surface area contributed by atoms with Crippen LogP contribution in [0, 0.1) is 17.7 Å². The van der Waals surface area contributed by atoms with Gasteiger partial charge in [-0.05, 0) is 137 Å². The summed E-state index contributed by atoms with van der Waals surface area (Å²) in [7, 11) is 0. The van der Waals surface area contributed by atoms with Gasteiger partial charge in [0.1, 0.15) is 5.82 Å². The van der Waals surface area contributed by atoms with Crippen LogP contribution in [0.2, 0.25) is 0 Å². The lowest BCUT2D eigenvalue weighted by molar-refractivity contribution is -0.249. The largest absolute Gasteiger partial charge is 0.386 e. The summed E-state index contributed by atoms with van der Waals surface area (Å²) in [5, 5.41) is 0. The molecule has 39 heavy (non-hydrogen) atoms. The topological polar surface area (TPSA) is 9.23 Å². The zero-order valence-corrected chi connectivity index (χ0v) is 23.7. The Balaban J connectivity index is 1.25. The van der Waals surface area contributed by atoms with Crippen LogP contribution < -0.4 is 0 Å². The number of alkyl halides is 2. The Hall–Kier alpha value is -2.33. The monoisotopic (exact) mass is 538 g/mol. The van der Waals surface area contributed by atoms with Crippen molar-refractivity contribution in [3.05, 3.63) is 94.8 Å². The van der Waals surface area contributed by atoms with Crippen molar-refractivity contribution in [2.45, 2.75) is 102 Å². The highest BCUT2D eigenvalue weighted by Crippen LogP contribution is 2.40. The molecule has 0 bridgehead atoms. The van der Waals surface area contributed by atoms with Crippen molar-refractivity contribution in [3.63, 3.8) is 0 Å². The summed E-state index contributed by atoms with van der Waals surface area (Å²) >= 11 is 0. The second-order valence-electron chi connectivity index (χ2n) is 11.6. The van der Waals surface area contributed by atoms with Crippen molar-refractivity contribution >= 4 is 0 Å². The van der Waals surface area contributed by atoms with Crippen LogP contribution in [0.25, 0.3) is 0 Å². The Morgan fingerprint density at radius 2 is 1.46 bits per heavy atom. The maximum atomic E-state index is 14.9. The summed E-state index contributed by atoms with van der Waals surface area (Å²) in [4.78, 5) is 0. The van der Waals surface area contributed by atoms with E-state index in [1.54, 1.807) is 6.07 Å². The molecule has 0 amide bonds. The van der Waals surface area contributed by atoms with Crippen LogP contribution in [0.1, 0.15) is 112 Å². The molecule has 4 rings (SSSR count). The quantitative estimate of drug-likeness (QED) is 0.259. The molecule has 0 heterocycles. The van der Waals surface area contributed by atoms with Gasteiger partial charge in [-0.2, -0.15) is 8.78 Å². The highest BCUT2D eigenvalue weighted by molar-refractivity contribution is 5.30. The van der Waals surface area contributed by atoms with Gasteiger partial charge in [-0.3, -0.25) is 0 Å². The van der Waals surface area contributed by atoms with Gasteiger partial charge < -0.3 is 4.74 Å². The number of benzene rings is 2. The van der Waals surface area contributed by atoms with Crippen molar-refractivity contribution in [1.29, 1.82) is 0 Å². The summed E-state index contributed by atoms with van der Waals surface area (Å²) in [5.74, 6) is 1.35. The Labute approximate surface area is 233 Å². The van der Waals surface area contributed by atoms with E-state index in [2.05, 4.69) is 43.4 Å².